The Morgan fingerprint density at radius 3 is 2.37 bits per heavy atom. The first-order valence-corrected chi connectivity index (χ1v) is 7.93. The summed E-state index contributed by atoms with van der Waals surface area (Å²) >= 11 is 0. The molecule has 19 heavy (non-hydrogen) atoms. The molecular formula is C11H9ClFN3O2S. The Morgan fingerprint density at radius 1 is 1.21 bits per heavy atom. The molecule has 2 aromatic rings. The van der Waals surface area contributed by atoms with Gasteiger partial charge in [-0.3, -0.25) is 4.57 Å². The number of nitrogens with zero attached hydrogens (tertiary/aromatic N) is 3. The molecule has 0 saturated heterocycles. The van der Waals surface area contributed by atoms with Gasteiger partial charge in [0.25, 0.3) is 14.2 Å². The van der Waals surface area contributed by atoms with Gasteiger partial charge < -0.3 is 0 Å². The zero-order valence-electron chi connectivity index (χ0n) is 9.62. The summed E-state index contributed by atoms with van der Waals surface area (Å²) in [7, 11) is 1.40. The molecule has 100 valence electrons. The molecule has 8 heteroatoms. The first-order valence-electron chi connectivity index (χ1n) is 5.62. The van der Waals surface area contributed by atoms with Gasteiger partial charge in [-0.15, -0.1) is 10.2 Å². The number of benzene rings is 1. The maximum atomic E-state index is 12.9. The van der Waals surface area contributed by atoms with Crippen LogP contribution in [-0.4, -0.2) is 23.2 Å². The summed E-state index contributed by atoms with van der Waals surface area (Å²) in [6.07, 6.45) is 1.71. The Bertz CT molecular complexity index is 723. The summed E-state index contributed by atoms with van der Waals surface area (Å²) in [5, 5.41) is 7.26. The summed E-state index contributed by atoms with van der Waals surface area (Å²) in [4.78, 5) is 0. The van der Waals surface area contributed by atoms with Crippen molar-refractivity contribution in [3.63, 3.8) is 0 Å². The molecule has 0 aliphatic heterocycles. The van der Waals surface area contributed by atoms with E-state index < -0.39 is 9.05 Å². The van der Waals surface area contributed by atoms with Crippen molar-refractivity contribution >= 4 is 19.7 Å². The van der Waals surface area contributed by atoms with Gasteiger partial charge in [-0.2, -0.15) is 0 Å². The Hall–Kier alpha value is -1.47. The maximum Gasteiger partial charge on any atom is 0.296 e. The van der Waals surface area contributed by atoms with Gasteiger partial charge in [-0.25, -0.2) is 12.8 Å². The molecule has 0 spiro atoms. The lowest BCUT2D eigenvalue weighted by Crippen LogP contribution is -2.06. The lowest BCUT2D eigenvalue weighted by Gasteiger charge is -2.06. The summed E-state index contributed by atoms with van der Waals surface area (Å²) in [6.45, 7) is 0. The van der Waals surface area contributed by atoms with Crippen molar-refractivity contribution in [3.8, 4) is 11.4 Å². The van der Waals surface area contributed by atoms with E-state index in [1.165, 1.54) is 28.8 Å². The second-order valence-electron chi connectivity index (χ2n) is 4.35. The first kappa shape index (κ1) is 12.6. The van der Waals surface area contributed by atoms with Gasteiger partial charge >= 0.3 is 0 Å². The third kappa shape index (κ3) is 2.35. The smallest absolute Gasteiger partial charge is 0.294 e. The molecule has 1 aliphatic rings. The molecule has 1 aromatic carbocycles. The number of rotatable bonds is 3. The molecule has 1 aliphatic carbocycles. The predicted molar refractivity (Wildman–Crippen MR) is 66.7 cm³/mol. The molecule has 0 bridgehead atoms. The lowest BCUT2D eigenvalue weighted by molar-refractivity contribution is 0.579. The highest BCUT2D eigenvalue weighted by atomic mass is 35.7. The van der Waals surface area contributed by atoms with E-state index in [4.69, 9.17) is 10.7 Å². The van der Waals surface area contributed by atoms with Crippen molar-refractivity contribution in [1.82, 2.24) is 14.8 Å². The first-order chi connectivity index (χ1) is 8.97. The summed E-state index contributed by atoms with van der Waals surface area (Å²) < 4.78 is 37.4. The minimum atomic E-state index is -3.95. The van der Waals surface area contributed by atoms with Gasteiger partial charge in [-0.1, -0.05) is 0 Å². The summed E-state index contributed by atoms with van der Waals surface area (Å²) in [6, 6.07) is 5.68. The van der Waals surface area contributed by atoms with Gasteiger partial charge in [0.2, 0.25) is 0 Å². The molecule has 3 rings (SSSR count). The minimum Gasteiger partial charge on any atom is -0.294 e. The van der Waals surface area contributed by atoms with Gasteiger partial charge in [0.15, 0.2) is 5.82 Å². The molecule has 1 heterocycles. The second kappa shape index (κ2) is 4.28. The molecule has 5 nitrogen and oxygen atoms in total. The number of aromatic nitrogens is 3. The molecule has 0 amide bonds. The SMILES string of the molecule is O=S(=O)(Cl)c1nnc(-c2ccc(F)cc2)n1C1CC1. The minimum absolute atomic E-state index is 0.0404. The Balaban J connectivity index is 2.17. The van der Waals surface area contributed by atoms with Gasteiger partial charge in [0.05, 0.1) is 0 Å². The van der Waals surface area contributed by atoms with E-state index in [9.17, 15) is 12.8 Å². The summed E-state index contributed by atoms with van der Waals surface area (Å²) in [5.41, 5.74) is 0.604. The lowest BCUT2D eigenvalue weighted by atomic mass is 10.2. The zero-order chi connectivity index (χ0) is 13.6. The monoisotopic (exact) mass is 301 g/mol. The number of hydrogen-bond acceptors (Lipinski definition) is 4. The molecule has 0 atom stereocenters. The van der Waals surface area contributed by atoms with Crippen molar-refractivity contribution in [2.75, 3.05) is 0 Å². The molecule has 1 saturated carbocycles. The quantitative estimate of drug-likeness (QED) is 0.816. The fourth-order valence-electron chi connectivity index (χ4n) is 1.90. The fourth-order valence-corrected chi connectivity index (χ4v) is 2.83. The molecular weight excluding hydrogens is 293 g/mol. The van der Waals surface area contributed by atoms with Crippen LogP contribution in [0.15, 0.2) is 29.4 Å². The predicted octanol–water partition coefficient (Wildman–Crippen LogP) is 2.35. The molecule has 0 N–H and O–H groups in total. The van der Waals surface area contributed by atoms with Crippen LogP contribution < -0.4 is 0 Å². The van der Waals surface area contributed by atoms with Gasteiger partial charge in [0, 0.05) is 22.3 Å². The Kier molecular flexibility index (Phi) is 2.83. The van der Waals surface area contributed by atoms with E-state index >= 15 is 0 Å². The highest BCUT2D eigenvalue weighted by Crippen LogP contribution is 2.40. The molecule has 1 aromatic heterocycles. The van der Waals surface area contributed by atoms with E-state index in [1.54, 1.807) is 0 Å². The van der Waals surface area contributed by atoms with Crippen LogP contribution >= 0.6 is 10.7 Å². The number of halogens is 2. The normalized spacial score (nSPS) is 15.7. The van der Waals surface area contributed by atoms with Crippen LogP contribution in [0.3, 0.4) is 0 Å². The largest absolute Gasteiger partial charge is 0.296 e. The highest BCUT2D eigenvalue weighted by Gasteiger charge is 2.34. The van der Waals surface area contributed by atoms with Crippen LogP contribution in [0.25, 0.3) is 11.4 Å². The van der Waals surface area contributed by atoms with E-state index in [-0.39, 0.29) is 17.0 Å². The van der Waals surface area contributed by atoms with Crippen LogP contribution in [0.2, 0.25) is 0 Å². The topological polar surface area (TPSA) is 64.8 Å². The number of hydrogen-bond donors (Lipinski definition) is 0. The third-order valence-corrected chi connectivity index (χ3v) is 4.03. The van der Waals surface area contributed by atoms with Crippen LogP contribution in [0.1, 0.15) is 18.9 Å². The fraction of sp³-hybridized carbons (Fsp3) is 0.273. The molecule has 1 fully saturated rings. The Labute approximate surface area is 113 Å². The average molecular weight is 302 g/mol. The van der Waals surface area contributed by atoms with Crippen LogP contribution in [0.4, 0.5) is 4.39 Å². The Morgan fingerprint density at radius 2 is 1.84 bits per heavy atom. The van der Waals surface area contributed by atoms with Gasteiger partial charge in [-0.05, 0) is 37.1 Å². The van der Waals surface area contributed by atoms with E-state index in [0.29, 0.717) is 11.4 Å². The summed E-state index contributed by atoms with van der Waals surface area (Å²) in [5.74, 6) is 0.0214. The van der Waals surface area contributed by atoms with Gasteiger partial charge in [0.1, 0.15) is 5.82 Å². The van der Waals surface area contributed by atoms with E-state index in [1.807, 2.05) is 0 Å². The molecule has 0 radical (unpaired) electrons. The zero-order valence-corrected chi connectivity index (χ0v) is 11.2. The molecule has 0 unspecified atom stereocenters. The van der Waals surface area contributed by atoms with Crippen molar-refractivity contribution in [1.29, 1.82) is 0 Å². The van der Waals surface area contributed by atoms with E-state index in [2.05, 4.69) is 10.2 Å². The standard InChI is InChI=1S/C11H9ClFN3O2S/c12-19(17,18)11-15-14-10(16(11)9-5-6-9)7-1-3-8(13)4-2-7/h1-4,9H,5-6H2. The maximum absolute atomic E-state index is 12.9. The van der Waals surface area contributed by atoms with Crippen LogP contribution in [-0.2, 0) is 9.05 Å². The highest BCUT2D eigenvalue weighted by molar-refractivity contribution is 8.13. The van der Waals surface area contributed by atoms with Crippen LogP contribution in [0, 0.1) is 5.82 Å². The third-order valence-electron chi connectivity index (χ3n) is 2.90. The van der Waals surface area contributed by atoms with E-state index in [0.717, 1.165) is 12.8 Å². The second-order valence-corrected chi connectivity index (χ2v) is 6.81. The van der Waals surface area contributed by atoms with Crippen molar-refractivity contribution in [2.24, 2.45) is 0 Å². The van der Waals surface area contributed by atoms with Crippen molar-refractivity contribution in [2.45, 2.75) is 24.0 Å². The van der Waals surface area contributed by atoms with Crippen molar-refractivity contribution in [3.05, 3.63) is 30.1 Å². The van der Waals surface area contributed by atoms with Crippen molar-refractivity contribution < 1.29 is 12.8 Å². The average Bonchev–Trinajstić information content (AvgIpc) is 3.07. The van der Waals surface area contributed by atoms with Crippen LogP contribution in [0.5, 0.6) is 0 Å².